The van der Waals surface area contributed by atoms with Crippen molar-refractivity contribution in [1.29, 1.82) is 0 Å². The first-order valence-corrected chi connectivity index (χ1v) is 13.4. The third kappa shape index (κ3) is 6.33. The summed E-state index contributed by atoms with van der Waals surface area (Å²) in [5.74, 6) is -1.55. The molecule has 0 aliphatic carbocycles. The lowest BCUT2D eigenvalue weighted by Crippen LogP contribution is -2.55. The van der Waals surface area contributed by atoms with Crippen molar-refractivity contribution in [2.24, 2.45) is 5.73 Å². The molecule has 0 unspecified atom stereocenters. The van der Waals surface area contributed by atoms with E-state index in [1.54, 1.807) is 6.20 Å². The second kappa shape index (κ2) is 12.0. The van der Waals surface area contributed by atoms with E-state index in [9.17, 15) is 19.5 Å². The Morgan fingerprint density at radius 1 is 0.865 bits per heavy atom. The second-order valence-corrected chi connectivity index (χ2v) is 9.96. The van der Waals surface area contributed by atoms with Crippen LogP contribution in [0, 0.1) is 0 Å². The van der Waals surface area contributed by atoms with Crippen molar-refractivity contribution in [3.8, 4) is 0 Å². The van der Waals surface area contributed by atoms with Gasteiger partial charge in [-0.05, 0) is 48.1 Å². The monoisotopic (exact) mass is 521 g/mol. The van der Waals surface area contributed by atoms with Gasteiger partial charge in [0.25, 0.3) is 0 Å². The van der Waals surface area contributed by atoms with Crippen LogP contribution in [0.25, 0.3) is 21.8 Å². The fourth-order valence-electron chi connectivity index (χ4n) is 4.41. The maximum atomic E-state index is 13.2. The van der Waals surface area contributed by atoms with Crippen molar-refractivity contribution in [3.63, 3.8) is 0 Å². The van der Waals surface area contributed by atoms with Crippen molar-refractivity contribution >= 4 is 51.4 Å². The van der Waals surface area contributed by atoms with Gasteiger partial charge < -0.3 is 31.4 Å². The summed E-state index contributed by atoms with van der Waals surface area (Å²) in [5, 5.41) is 17.1. The van der Waals surface area contributed by atoms with E-state index in [-0.39, 0.29) is 6.42 Å². The van der Waals surface area contributed by atoms with Gasteiger partial charge in [0.15, 0.2) is 0 Å². The van der Waals surface area contributed by atoms with E-state index >= 15 is 0 Å². The molecule has 2 amide bonds. The minimum Gasteiger partial charge on any atom is -0.480 e. The van der Waals surface area contributed by atoms with Crippen molar-refractivity contribution in [3.05, 3.63) is 72.1 Å². The molecule has 0 aliphatic heterocycles. The molecular weight excluding hydrogens is 490 g/mol. The molecule has 4 aromatic rings. The number of fused-ring (bicyclic) bond motifs is 2. The summed E-state index contributed by atoms with van der Waals surface area (Å²) in [6.07, 6.45) is 6.23. The number of rotatable bonds is 12. The van der Waals surface area contributed by atoms with Crippen LogP contribution in [0.15, 0.2) is 60.9 Å². The number of benzene rings is 2. The van der Waals surface area contributed by atoms with E-state index in [2.05, 4.69) is 20.6 Å². The summed E-state index contributed by atoms with van der Waals surface area (Å²) >= 11 is 1.53. The molecule has 194 valence electrons. The number of aromatic nitrogens is 2. The van der Waals surface area contributed by atoms with Gasteiger partial charge in [-0.25, -0.2) is 4.79 Å². The fourth-order valence-corrected chi connectivity index (χ4v) is 4.88. The Kier molecular flexibility index (Phi) is 8.52. The van der Waals surface area contributed by atoms with Gasteiger partial charge in [0.1, 0.15) is 12.1 Å². The number of thioether (sulfide) groups is 1. The number of carboxylic acids is 1. The quantitative estimate of drug-likeness (QED) is 0.168. The highest BCUT2D eigenvalue weighted by atomic mass is 32.2. The fraction of sp³-hybridized carbons (Fsp3) is 0.296. The highest BCUT2D eigenvalue weighted by Crippen LogP contribution is 2.20. The summed E-state index contributed by atoms with van der Waals surface area (Å²) in [7, 11) is 0. The molecule has 0 saturated heterocycles. The number of carboxylic acid groups (broad SMARTS) is 1. The number of carbonyl (C=O) groups is 3. The third-order valence-electron chi connectivity index (χ3n) is 6.41. The first-order chi connectivity index (χ1) is 17.9. The number of aliphatic carboxylic acids is 1. The van der Waals surface area contributed by atoms with Crippen molar-refractivity contribution < 1.29 is 19.5 Å². The largest absolute Gasteiger partial charge is 0.480 e. The summed E-state index contributed by atoms with van der Waals surface area (Å²) < 4.78 is 0. The molecular formula is C27H31N5O4S. The maximum absolute atomic E-state index is 13.2. The van der Waals surface area contributed by atoms with Gasteiger partial charge in [0.2, 0.25) is 11.8 Å². The number of amides is 2. The molecule has 37 heavy (non-hydrogen) atoms. The van der Waals surface area contributed by atoms with Crippen LogP contribution in [0.5, 0.6) is 0 Å². The molecule has 4 rings (SSSR count). The second-order valence-electron chi connectivity index (χ2n) is 8.98. The van der Waals surface area contributed by atoms with E-state index < -0.39 is 35.9 Å². The minimum atomic E-state index is -1.15. The first kappa shape index (κ1) is 26.3. The molecule has 2 aromatic heterocycles. The van der Waals surface area contributed by atoms with Gasteiger partial charge in [0.05, 0.1) is 6.04 Å². The molecule has 2 aromatic carbocycles. The number of H-pyrrole nitrogens is 2. The maximum Gasteiger partial charge on any atom is 0.326 e. The normalized spacial score (nSPS) is 13.8. The molecule has 0 spiro atoms. The van der Waals surface area contributed by atoms with Gasteiger partial charge in [-0.3, -0.25) is 9.59 Å². The predicted molar refractivity (Wildman–Crippen MR) is 146 cm³/mol. The van der Waals surface area contributed by atoms with E-state index in [0.29, 0.717) is 18.6 Å². The highest BCUT2D eigenvalue weighted by molar-refractivity contribution is 7.98. The van der Waals surface area contributed by atoms with Gasteiger partial charge in [0, 0.05) is 40.6 Å². The molecule has 0 aliphatic rings. The van der Waals surface area contributed by atoms with E-state index in [1.165, 1.54) is 11.8 Å². The lowest BCUT2D eigenvalue weighted by molar-refractivity contribution is -0.142. The number of aromatic amines is 2. The Morgan fingerprint density at radius 3 is 1.97 bits per heavy atom. The van der Waals surface area contributed by atoms with Crippen molar-refractivity contribution in [2.45, 2.75) is 37.4 Å². The van der Waals surface area contributed by atoms with Crippen LogP contribution < -0.4 is 16.4 Å². The van der Waals surface area contributed by atoms with Crippen molar-refractivity contribution in [2.75, 3.05) is 12.0 Å². The number of hydrogen-bond donors (Lipinski definition) is 6. The number of para-hydroxylation sites is 2. The molecule has 0 fully saturated rings. The molecule has 7 N–H and O–H groups in total. The zero-order valence-electron chi connectivity index (χ0n) is 20.5. The number of nitrogens with two attached hydrogens (primary N) is 1. The summed E-state index contributed by atoms with van der Waals surface area (Å²) in [4.78, 5) is 44.4. The number of carbonyl (C=O) groups excluding carboxylic acids is 2. The van der Waals surface area contributed by atoms with E-state index in [0.717, 1.165) is 32.9 Å². The Morgan fingerprint density at radius 2 is 1.41 bits per heavy atom. The van der Waals surface area contributed by atoms with Crippen LogP contribution in [-0.4, -0.2) is 63.0 Å². The molecule has 0 saturated carbocycles. The molecule has 0 bridgehead atoms. The Bertz CT molecular complexity index is 1400. The van der Waals surface area contributed by atoms with Crippen molar-refractivity contribution in [1.82, 2.24) is 20.6 Å². The molecule has 2 heterocycles. The zero-order valence-corrected chi connectivity index (χ0v) is 21.3. The first-order valence-electron chi connectivity index (χ1n) is 12.1. The van der Waals surface area contributed by atoms with E-state index in [4.69, 9.17) is 5.73 Å². The van der Waals surface area contributed by atoms with Gasteiger partial charge in [-0.1, -0.05) is 36.4 Å². The van der Waals surface area contributed by atoms with Crippen LogP contribution in [-0.2, 0) is 27.2 Å². The predicted octanol–water partition coefficient (Wildman–Crippen LogP) is 2.57. The van der Waals surface area contributed by atoms with Crippen LogP contribution in [0.4, 0.5) is 0 Å². The third-order valence-corrected chi connectivity index (χ3v) is 7.05. The highest BCUT2D eigenvalue weighted by Gasteiger charge is 2.28. The van der Waals surface area contributed by atoms with Crippen LogP contribution in [0.1, 0.15) is 17.5 Å². The lowest BCUT2D eigenvalue weighted by Gasteiger charge is -2.23. The number of nitrogens with one attached hydrogen (secondary N) is 4. The average Bonchev–Trinajstić information content (AvgIpc) is 3.50. The molecule has 3 atom stereocenters. The summed E-state index contributed by atoms with van der Waals surface area (Å²) in [6.45, 7) is 0. The standard InChI is InChI=1S/C27H31N5O4S/c1-37-11-10-23(31-25(33)20(28)12-16-14-29-21-8-4-2-6-18(16)21)26(34)32-24(27(35)36)13-17-15-30-22-9-5-3-7-19(17)22/h2-9,14-15,20,23-24,29-30H,10-13,28H2,1H3,(H,31,33)(H,32,34)(H,35,36)/t20-,23-,24-/m0/s1. The zero-order chi connectivity index (χ0) is 26.4. The van der Waals surface area contributed by atoms with Gasteiger partial charge in [-0.2, -0.15) is 11.8 Å². The van der Waals surface area contributed by atoms with Gasteiger partial charge in [-0.15, -0.1) is 0 Å². The Balaban J connectivity index is 1.43. The molecule has 10 heteroatoms. The van der Waals surface area contributed by atoms with Crippen LogP contribution >= 0.6 is 11.8 Å². The summed E-state index contributed by atoms with van der Waals surface area (Å²) in [5.41, 5.74) is 9.75. The lowest BCUT2D eigenvalue weighted by atomic mass is 10.0. The van der Waals surface area contributed by atoms with Crippen LogP contribution in [0.2, 0.25) is 0 Å². The molecule has 9 nitrogen and oxygen atoms in total. The van der Waals surface area contributed by atoms with Crippen LogP contribution in [0.3, 0.4) is 0 Å². The minimum absolute atomic E-state index is 0.106. The Hall–Kier alpha value is -3.76. The topological polar surface area (TPSA) is 153 Å². The number of hydrogen-bond acceptors (Lipinski definition) is 5. The van der Waals surface area contributed by atoms with E-state index in [1.807, 2.05) is 61.0 Å². The summed E-state index contributed by atoms with van der Waals surface area (Å²) in [6, 6.07) is 12.4. The van der Waals surface area contributed by atoms with Gasteiger partial charge >= 0.3 is 5.97 Å². The average molecular weight is 522 g/mol. The smallest absolute Gasteiger partial charge is 0.326 e. The Labute approximate surface area is 218 Å². The SMILES string of the molecule is CSCC[C@H](NC(=O)[C@@H](N)Cc1c[nH]c2ccccc12)C(=O)N[C@@H](Cc1c[nH]c2ccccc12)C(=O)O. The molecule has 0 radical (unpaired) electrons.